The van der Waals surface area contributed by atoms with Gasteiger partial charge >= 0.3 is 0 Å². The number of aliphatic hydroxyl groups excluding tert-OH is 1. The number of hydrogen-bond acceptors (Lipinski definition) is 6. The van der Waals surface area contributed by atoms with E-state index in [0.717, 1.165) is 5.56 Å². The van der Waals surface area contributed by atoms with E-state index >= 15 is 0 Å². The summed E-state index contributed by atoms with van der Waals surface area (Å²) in [5, 5.41) is 16.9. The summed E-state index contributed by atoms with van der Waals surface area (Å²) in [5.74, 6) is 0.464. The second kappa shape index (κ2) is 7.50. The van der Waals surface area contributed by atoms with Crippen LogP contribution in [0.5, 0.6) is 0 Å². The van der Waals surface area contributed by atoms with Crippen LogP contribution in [0.1, 0.15) is 24.8 Å². The second-order valence-electron chi connectivity index (χ2n) is 5.90. The molecule has 1 aliphatic rings. The van der Waals surface area contributed by atoms with Crippen LogP contribution >= 0.6 is 0 Å². The number of carbonyl (C=O) groups is 1. The molecule has 2 N–H and O–H groups in total. The predicted molar refractivity (Wildman–Crippen MR) is 85.1 cm³/mol. The summed E-state index contributed by atoms with van der Waals surface area (Å²) in [7, 11) is 1.56. The van der Waals surface area contributed by atoms with Crippen LogP contribution in [0.2, 0.25) is 0 Å². The van der Waals surface area contributed by atoms with Crippen molar-refractivity contribution < 1.29 is 14.6 Å². The smallest absolute Gasteiger partial charge is 0.223 e. The highest BCUT2D eigenvalue weighted by Gasteiger charge is 2.32. The summed E-state index contributed by atoms with van der Waals surface area (Å²) in [6, 6.07) is 3.71. The van der Waals surface area contributed by atoms with E-state index in [1.807, 2.05) is 12.1 Å². The lowest BCUT2D eigenvalue weighted by Crippen LogP contribution is -2.41. The lowest BCUT2D eigenvalue weighted by molar-refractivity contribution is -0.130. The number of amides is 1. The van der Waals surface area contributed by atoms with Gasteiger partial charge in [-0.2, -0.15) is 5.10 Å². The van der Waals surface area contributed by atoms with E-state index < -0.39 is 6.10 Å². The van der Waals surface area contributed by atoms with Crippen molar-refractivity contribution in [3.05, 3.63) is 36.5 Å². The predicted octanol–water partition coefficient (Wildman–Crippen LogP) is 0.454. The largest absolute Gasteiger partial charge is 0.390 e. The highest BCUT2D eigenvalue weighted by atomic mass is 16.5. The van der Waals surface area contributed by atoms with Crippen LogP contribution in [0.3, 0.4) is 0 Å². The number of pyridine rings is 1. The molecule has 1 amide bonds. The lowest BCUT2D eigenvalue weighted by atomic mass is 9.84. The molecule has 1 fully saturated rings. The van der Waals surface area contributed by atoms with Gasteiger partial charge in [-0.1, -0.05) is 6.07 Å². The zero-order valence-electron chi connectivity index (χ0n) is 13.5. The fourth-order valence-corrected chi connectivity index (χ4v) is 3.02. The number of carbonyl (C=O) groups excluding carboxylic acids is 1. The Labute approximate surface area is 139 Å². The van der Waals surface area contributed by atoms with Crippen LogP contribution < -0.4 is 5.32 Å². The Morgan fingerprint density at radius 1 is 1.50 bits per heavy atom. The summed E-state index contributed by atoms with van der Waals surface area (Å²) in [5.41, 5.74) is 0.857. The van der Waals surface area contributed by atoms with Crippen LogP contribution in [0.25, 0.3) is 5.82 Å². The molecule has 24 heavy (non-hydrogen) atoms. The number of hydrogen-bond donors (Lipinski definition) is 2. The number of ether oxygens (including phenoxy) is 1. The van der Waals surface area contributed by atoms with Crippen molar-refractivity contribution in [1.82, 2.24) is 25.1 Å². The molecule has 128 valence electrons. The van der Waals surface area contributed by atoms with Gasteiger partial charge in [0.25, 0.3) is 0 Å². The summed E-state index contributed by atoms with van der Waals surface area (Å²) >= 11 is 0. The number of methoxy groups -OCH3 is 1. The SMILES string of the molecule is CO[C@@H]1C[C@H](C(=O)NCc2cccnc2-n2cncn2)CC[C@@H]1O. The maximum Gasteiger partial charge on any atom is 0.223 e. The molecule has 0 radical (unpaired) electrons. The maximum atomic E-state index is 12.4. The minimum absolute atomic E-state index is 0.0302. The van der Waals surface area contributed by atoms with Gasteiger partial charge in [0.05, 0.1) is 12.2 Å². The molecule has 3 atom stereocenters. The number of rotatable bonds is 5. The number of aliphatic hydroxyl groups is 1. The summed E-state index contributed by atoms with van der Waals surface area (Å²) < 4.78 is 6.82. The van der Waals surface area contributed by atoms with Gasteiger partial charge in [-0.15, -0.1) is 0 Å². The van der Waals surface area contributed by atoms with E-state index in [2.05, 4.69) is 20.4 Å². The molecule has 0 bridgehead atoms. The van der Waals surface area contributed by atoms with Crippen LogP contribution in [0.4, 0.5) is 0 Å². The van der Waals surface area contributed by atoms with Gasteiger partial charge in [-0.3, -0.25) is 4.79 Å². The van der Waals surface area contributed by atoms with Crippen molar-refractivity contribution in [2.75, 3.05) is 7.11 Å². The van der Waals surface area contributed by atoms with E-state index in [9.17, 15) is 9.90 Å². The molecular weight excluding hydrogens is 310 g/mol. The van der Waals surface area contributed by atoms with Crippen molar-refractivity contribution >= 4 is 5.91 Å². The Balaban J connectivity index is 1.63. The van der Waals surface area contributed by atoms with Gasteiger partial charge in [-0.25, -0.2) is 14.6 Å². The molecule has 1 saturated carbocycles. The molecule has 0 spiro atoms. The Bertz CT molecular complexity index is 676. The van der Waals surface area contributed by atoms with E-state index in [1.54, 1.807) is 24.3 Å². The average molecular weight is 331 g/mol. The van der Waals surface area contributed by atoms with Crippen molar-refractivity contribution in [2.45, 2.75) is 38.0 Å². The summed E-state index contributed by atoms with van der Waals surface area (Å²) in [4.78, 5) is 20.7. The van der Waals surface area contributed by atoms with Crippen LogP contribution in [0, 0.1) is 5.92 Å². The highest BCUT2D eigenvalue weighted by molar-refractivity contribution is 5.78. The Hall–Kier alpha value is -2.32. The van der Waals surface area contributed by atoms with Gasteiger partial charge in [0, 0.05) is 31.3 Å². The molecule has 2 heterocycles. The van der Waals surface area contributed by atoms with Crippen LogP contribution in [0.15, 0.2) is 31.0 Å². The van der Waals surface area contributed by atoms with Crippen LogP contribution in [-0.4, -0.2) is 50.1 Å². The normalized spacial score (nSPS) is 23.8. The number of nitrogens with one attached hydrogen (secondary N) is 1. The van der Waals surface area contributed by atoms with E-state index in [4.69, 9.17) is 4.74 Å². The first-order chi connectivity index (χ1) is 11.7. The fraction of sp³-hybridized carbons (Fsp3) is 0.500. The first-order valence-corrected chi connectivity index (χ1v) is 7.96. The number of nitrogens with zero attached hydrogens (tertiary/aromatic N) is 4. The van der Waals surface area contributed by atoms with Gasteiger partial charge in [0.1, 0.15) is 12.7 Å². The van der Waals surface area contributed by atoms with E-state index in [1.165, 1.54) is 6.33 Å². The maximum absolute atomic E-state index is 12.4. The molecule has 2 aromatic heterocycles. The lowest BCUT2D eigenvalue weighted by Gasteiger charge is -2.31. The summed E-state index contributed by atoms with van der Waals surface area (Å²) in [6.45, 7) is 0.360. The van der Waals surface area contributed by atoms with Crippen LogP contribution in [-0.2, 0) is 16.1 Å². The van der Waals surface area contributed by atoms with Crippen molar-refractivity contribution in [3.63, 3.8) is 0 Å². The van der Waals surface area contributed by atoms with Crippen molar-refractivity contribution in [3.8, 4) is 5.82 Å². The second-order valence-corrected chi connectivity index (χ2v) is 5.90. The average Bonchev–Trinajstić information content (AvgIpc) is 3.15. The molecule has 3 rings (SSSR count). The van der Waals surface area contributed by atoms with E-state index in [-0.39, 0.29) is 17.9 Å². The molecule has 0 saturated heterocycles. The zero-order chi connectivity index (χ0) is 16.9. The molecule has 1 aliphatic carbocycles. The molecule has 0 aliphatic heterocycles. The number of aromatic nitrogens is 4. The molecule has 2 aromatic rings. The third kappa shape index (κ3) is 3.60. The fourth-order valence-electron chi connectivity index (χ4n) is 3.02. The molecule has 0 unspecified atom stereocenters. The summed E-state index contributed by atoms with van der Waals surface area (Å²) in [6.07, 6.45) is 5.69. The van der Waals surface area contributed by atoms with Gasteiger partial charge < -0.3 is 15.2 Å². The first-order valence-electron chi connectivity index (χ1n) is 7.96. The quantitative estimate of drug-likeness (QED) is 0.825. The minimum atomic E-state index is -0.490. The first kappa shape index (κ1) is 16.5. The van der Waals surface area contributed by atoms with Crippen molar-refractivity contribution in [2.24, 2.45) is 5.92 Å². The van der Waals surface area contributed by atoms with Crippen molar-refractivity contribution in [1.29, 1.82) is 0 Å². The Morgan fingerprint density at radius 3 is 3.12 bits per heavy atom. The van der Waals surface area contributed by atoms with Gasteiger partial charge in [0.15, 0.2) is 5.82 Å². The molecular formula is C16H21N5O3. The third-order valence-electron chi connectivity index (χ3n) is 4.39. The van der Waals surface area contributed by atoms with Gasteiger partial charge in [0.2, 0.25) is 5.91 Å². The molecule has 8 heteroatoms. The van der Waals surface area contributed by atoms with E-state index in [0.29, 0.717) is 31.6 Å². The highest BCUT2D eigenvalue weighted by Crippen LogP contribution is 2.26. The Morgan fingerprint density at radius 2 is 2.38 bits per heavy atom. The Kier molecular flexibility index (Phi) is 5.17. The standard InChI is InChI=1S/C16H21N5O3/c1-24-14-7-11(4-5-13(14)22)16(23)19-8-12-3-2-6-18-15(12)21-10-17-9-20-21/h2-3,6,9-11,13-14,22H,4-5,7-8H2,1H3,(H,19,23)/t11-,13+,14-/m1/s1. The minimum Gasteiger partial charge on any atom is -0.390 e. The molecule has 8 nitrogen and oxygen atoms in total. The third-order valence-corrected chi connectivity index (χ3v) is 4.39. The monoisotopic (exact) mass is 331 g/mol. The van der Waals surface area contributed by atoms with Gasteiger partial charge in [-0.05, 0) is 25.3 Å². The zero-order valence-corrected chi connectivity index (χ0v) is 13.5. The molecule has 0 aromatic carbocycles. The topological polar surface area (TPSA) is 102 Å².